The van der Waals surface area contributed by atoms with Crippen LogP contribution in [0, 0.1) is 23.7 Å². The largest absolute Gasteiger partial charge is 0.392 e. The summed E-state index contributed by atoms with van der Waals surface area (Å²) in [6, 6.07) is 0. The molecule has 3 heteroatoms. The van der Waals surface area contributed by atoms with Crippen molar-refractivity contribution in [3.8, 4) is 0 Å². The molecule has 0 heterocycles. The molecule has 3 unspecified atom stereocenters. The fraction of sp³-hybridized carbons (Fsp3) is 1.00. The average molecular weight is 310 g/mol. The lowest BCUT2D eigenvalue weighted by Crippen LogP contribution is -2.59. The molecule has 74 valence electrons. The molecule has 4 saturated carbocycles. The van der Waals surface area contributed by atoms with Crippen LogP contribution in [-0.4, -0.2) is 20.9 Å². The van der Waals surface area contributed by atoms with Gasteiger partial charge in [0, 0.05) is 9.65 Å². The van der Waals surface area contributed by atoms with Crippen molar-refractivity contribution < 1.29 is 5.11 Å². The lowest BCUT2D eigenvalue weighted by molar-refractivity contribution is -0.0794. The first-order chi connectivity index (χ1) is 6.18. The summed E-state index contributed by atoms with van der Waals surface area (Å²) in [6.45, 7) is 0. The quantitative estimate of drug-likeness (QED) is 0.682. The highest BCUT2D eigenvalue weighted by atomic mass is 79.9. The van der Waals surface area contributed by atoms with Crippen LogP contribution < -0.4 is 0 Å². The van der Waals surface area contributed by atoms with E-state index in [1.807, 2.05) is 0 Å². The molecule has 0 radical (unpaired) electrons. The molecule has 4 bridgehead atoms. The van der Waals surface area contributed by atoms with Crippen molar-refractivity contribution >= 4 is 31.9 Å². The van der Waals surface area contributed by atoms with E-state index >= 15 is 0 Å². The van der Waals surface area contributed by atoms with Gasteiger partial charge in [0.25, 0.3) is 0 Å². The predicted molar refractivity (Wildman–Crippen MR) is 59.2 cm³/mol. The fourth-order valence-electron chi connectivity index (χ4n) is 3.75. The molecule has 0 spiro atoms. The Morgan fingerprint density at radius 2 is 1.31 bits per heavy atom. The third kappa shape index (κ3) is 1.13. The van der Waals surface area contributed by atoms with Crippen molar-refractivity contribution in [2.24, 2.45) is 23.7 Å². The molecular weight excluding hydrogens is 296 g/mol. The molecule has 1 N–H and O–H groups in total. The van der Waals surface area contributed by atoms with Gasteiger partial charge in [0.2, 0.25) is 0 Å². The molecule has 4 aliphatic rings. The van der Waals surface area contributed by atoms with Crippen LogP contribution in [0.1, 0.15) is 19.3 Å². The van der Waals surface area contributed by atoms with Crippen LogP contribution in [0.15, 0.2) is 0 Å². The molecule has 4 rings (SSSR count). The zero-order valence-electron chi connectivity index (χ0n) is 7.37. The van der Waals surface area contributed by atoms with Gasteiger partial charge in [0.05, 0.1) is 6.10 Å². The first-order valence-corrected chi connectivity index (χ1v) is 6.98. The molecule has 4 aliphatic carbocycles. The Bertz CT molecular complexity index is 183. The fourth-order valence-corrected chi connectivity index (χ4v) is 6.30. The zero-order valence-corrected chi connectivity index (χ0v) is 10.5. The van der Waals surface area contributed by atoms with Gasteiger partial charge in [-0.05, 0) is 42.9 Å². The molecule has 0 aliphatic heterocycles. The first kappa shape index (κ1) is 9.17. The van der Waals surface area contributed by atoms with Crippen LogP contribution in [0.5, 0.6) is 0 Å². The van der Waals surface area contributed by atoms with Gasteiger partial charge in [0.1, 0.15) is 0 Å². The van der Waals surface area contributed by atoms with Crippen LogP contribution in [0.2, 0.25) is 0 Å². The van der Waals surface area contributed by atoms with Crippen molar-refractivity contribution in [3.05, 3.63) is 0 Å². The van der Waals surface area contributed by atoms with Crippen LogP contribution in [-0.2, 0) is 0 Å². The SMILES string of the molecule is OC1[C@H]2CC3CC([C@@H](Br)[C@H]1C3)[C@@H]2Br. The number of aliphatic hydroxyl groups excluding tert-OH is 1. The Balaban J connectivity index is 1.97. The molecule has 7 atom stereocenters. The van der Waals surface area contributed by atoms with E-state index in [0.717, 1.165) is 11.8 Å². The van der Waals surface area contributed by atoms with E-state index in [1.54, 1.807) is 0 Å². The molecule has 0 aromatic rings. The number of aliphatic hydroxyl groups is 1. The minimum absolute atomic E-state index is 0.0541. The highest BCUT2D eigenvalue weighted by Gasteiger charge is 2.56. The van der Waals surface area contributed by atoms with Gasteiger partial charge in [-0.25, -0.2) is 0 Å². The van der Waals surface area contributed by atoms with Crippen molar-refractivity contribution in [1.29, 1.82) is 0 Å². The number of rotatable bonds is 0. The summed E-state index contributed by atoms with van der Waals surface area (Å²) < 4.78 is 0. The van der Waals surface area contributed by atoms with Crippen LogP contribution in [0.25, 0.3) is 0 Å². The summed E-state index contributed by atoms with van der Waals surface area (Å²) in [6.07, 6.45) is 3.82. The number of hydrogen-bond acceptors (Lipinski definition) is 1. The number of hydrogen-bond donors (Lipinski definition) is 1. The normalized spacial score (nSPS) is 64.4. The van der Waals surface area contributed by atoms with Crippen LogP contribution in [0.4, 0.5) is 0 Å². The molecule has 0 aromatic carbocycles. The van der Waals surface area contributed by atoms with Crippen molar-refractivity contribution in [3.63, 3.8) is 0 Å². The second-order valence-corrected chi connectivity index (χ2v) is 7.06. The summed E-state index contributed by atoms with van der Waals surface area (Å²) >= 11 is 7.54. The standard InChI is InChI=1S/C10H14Br2O/c11-8-5-1-4-2-6(8)10(13)7(3-4)9(5)12/h4-10,13H,1-3H2/t4?,5?,6-,7+,8-,9+,10?. The Labute approximate surface area is 95.5 Å². The van der Waals surface area contributed by atoms with Gasteiger partial charge in [-0.1, -0.05) is 31.9 Å². The zero-order chi connectivity index (χ0) is 9.16. The molecular formula is C10H14Br2O. The Kier molecular flexibility index (Phi) is 2.08. The molecule has 1 nitrogen and oxygen atoms in total. The maximum atomic E-state index is 10.1. The second-order valence-electron chi connectivity index (χ2n) is 4.94. The molecule has 0 aromatic heterocycles. The van der Waals surface area contributed by atoms with E-state index in [0.29, 0.717) is 21.5 Å². The van der Waals surface area contributed by atoms with Gasteiger partial charge in [0.15, 0.2) is 0 Å². The maximum Gasteiger partial charge on any atom is 0.0618 e. The van der Waals surface area contributed by atoms with Gasteiger partial charge >= 0.3 is 0 Å². The van der Waals surface area contributed by atoms with E-state index in [4.69, 9.17) is 0 Å². The van der Waals surface area contributed by atoms with E-state index in [9.17, 15) is 5.11 Å². The highest BCUT2D eigenvalue weighted by Crippen LogP contribution is 2.58. The minimum atomic E-state index is -0.0541. The number of halogens is 2. The first-order valence-electron chi connectivity index (χ1n) is 5.14. The third-order valence-corrected chi connectivity index (χ3v) is 7.05. The van der Waals surface area contributed by atoms with Crippen LogP contribution in [0.3, 0.4) is 0 Å². The lowest BCUT2D eigenvalue weighted by atomic mass is 9.55. The minimum Gasteiger partial charge on any atom is -0.392 e. The third-order valence-electron chi connectivity index (χ3n) is 4.33. The molecule has 13 heavy (non-hydrogen) atoms. The Hall–Kier alpha value is 0.920. The van der Waals surface area contributed by atoms with E-state index in [2.05, 4.69) is 31.9 Å². The summed E-state index contributed by atoms with van der Waals surface area (Å²) in [4.78, 5) is 1.11. The van der Waals surface area contributed by atoms with Crippen molar-refractivity contribution in [2.45, 2.75) is 35.0 Å². The topological polar surface area (TPSA) is 20.2 Å². The van der Waals surface area contributed by atoms with E-state index in [1.165, 1.54) is 19.3 Å². The summed E-state index contributed by atoms with van der Waals surface area (Å²) in [5, 5.41) is 10.1. The van der Waals surface area contributed by atoms with Crippen molar-refractivity contribution in [1.82, 2.24) is 0 Å². The highest BCUT2D eigenvalue weighted by molar-refractivity contribution is 9.10. The number of alkyl halides is 2. The van der Waals surface area contributed by atoms with Gasteiger partial charge < -0.3 is 5.11 Å². The van der Waals surface area contributed by atoms with Crippen molar-refractivity contribution in [2.75, 3.05) is 0 Å². The second kappa shape index (κ2) is 2.96. The van der Waals surface area contributed by atoms with Gasteiger partial charge in [-0.15, -0.1) is 0 Å². The molecule has 0 amide bonds. The Morgan fingerprint density at radius 1 is 0.846 bits per heavy atom. The van der Waals surface area contributed by atoms with Crippen LogP contribution >= 0.6 is 31.9 Å². The average Bonchev–Trinajstić information content (AvgIpc) is 2.12. The lowest BCUT2D eigenvalue weighted by Gasteiger charge is -2.57. The molecule has 4 fully saturated rings. The summed E-state index contributed by atoms with van der Waals surface area (Å²) in [5.74, 6) is 2.75. The molecule has 0 saturated heterocycles. The monoisotopic (exact) mass is 308 g/mol. The van der Waals surface area contributed by atoms with E-state index in [-0.39, 0.29) is 6.10 Å². The maximum absolute atomic E-state index is 10.1. The summed E-state index contributed by atoms with van der Waals surface area (Å²) in [5.41, 5.74) is 0. The summed E-state index contributed by atoms with van der Waals surface area (Å²) in [7, 11) is 0. The smallest absolute Gasteiger partial charge is 0.0618 e. The van der Waals surface area contributed by atoms with E-state index < -0.39 is 0 Å². The van der Waals surface area contributed by atoms with Gasteiger partial charge in [-0.3, -0.25) is 0 Å². The van der Waals surface area contributed by atoms with Gasteiger partial charge in [-0.2, -0.15) is 0 Å². The predicted octanol–water partition coefficient (Wildman–Crippen LogP) is 2.55. The Morgan fingerprint density at radius 3 is 1.85 bits per heavy atom.